The quantitative estimate of drug-likeness (QED) is 0.818. The van der Waals surface area contributed by atoms with Crippen LogP contribution in [0.25, 0.3) is 11.1 Å². The Hall–Kier alpha value is -1.12. The van der Waals surface area contributed by atoms with Gasteiger partial charge in [0.05, 0.1) is 0 Å². The first-order valence-electron chi connectivity index (χ1n) is 5.05. The van der Waals surface area contributed by atoms with Crippen LogP contribution in [0, 0.1) is 13.8 Å². The summed E-state index contributed by atoms with van der Waals surface area (Å²) in [7, 11) is 0. The Morgan fingerprint density at radius 2 is 1.67 bits per heavy atom. The van der Waals surface area contributed by atoms with Gasteiger partial charge in [-0.3, -0.25) is 0 Å². The zero-order valence-electron chi connectivity index (χ0n) is 9.08. The van der Waals surface area contributed by atoms with Crippen LogP contribution in [0.4, 0.5) is 0 Å². The van der Waals surface area contributed by atoms with Gasteiger partial charge in [-0.2, -0.15) is 0 Å². The van der Waals surface area contributed by atoms with Crippen LogP contribution in [-0.2, 0) is 6.54 Å². The monoisotopic (exact) mass is 217 g/mol. The van der Waals surface area contributed by atoms with Crippen molar-refractivity contribution in [3.8, 4) is 11.1 Å². The normalized spacial score (nSPS) is 10.6. The Bertz CT molecular complexity index is 451. The van der Waals surface area contributed by atoms with Crippen molar-refractivity contribution in [1.29, 1.82) is 0 Å². The maximum Gasteiger partial charge on any atom is 0.0274 e. The minimum absolute atomic E-state index is 0.634. The van der Waals surface area contributed by atoms with E-state index in [1.807, 2.05) is 0 Å². The fourth-order valence-corrected chi connectivity index (χ4v) is 2.55. The van der Waals surface area contributed by atoms with Crippen LogP contribution in [0.1, 0.15) is 16.0 Å². The van der Waals surface area contributed by atoms with Crippen molar-refractivity contribution in [2.75, 3.05) is 0 Å². The van der Waals surface area contributed by atoms with Gasteiger partial charge in [0.1, 0.15) is 0 Å². The van der Waals surface area contributed by atoms with Gasteiger partial charge >= 0.3 is 0 Å². The van der Waals surface area contributed by atoms with Gasteiger partial charge in [0.2, 0.25) is 0 Å². The van der Waals surface area contributed by atoms with Crippen molar-refractivity contribution in [3.63, 3.8) is 0 Å². The molecule has 78 valence electrons. The molecule has 15 heavy (non-hydrogen) atoms. The molecule has 1 heterocycles. The van der Waals surface area contributed by atoms with Crippen molar-refractivity contribution >= 4 is 11.3 Å². The average Bonchev–Trinajstić information content (AvgIpc) is 2.64. The highest BCUT2D eigenvalue weighted by molar-refractivity contribution is 7.10. The molecule has 1 nitrogen and oxygen atoms in total. The number of aryl methyl sites for hydroxylation is 2. The molecule has 0 atom stereocenters. The van der Waals surface area contributed by atoms with Crippen molar-refractivity contribution in [3.05, 3.63) is 45.6 Å². The second-order valence-electron chi connectivity index (χ2n) is 3.88. The molecule has 0 amide bonds. The smallest absolute Gasteiger partial charge is 0.0274 e. The molecule has 2 rings (SSSR count). The minimum Gasteiger partial charge on any atom is -0.326 e. The topological polar surface area (TPSA) is 26.0 Å². The van der Waals surface area contributed by atoms with Crippen LogP contribution in [0.3, 0.4) is 0 Å². The van der Waals surface area contributed by atoms with E-state index in [9.17, 15) is 0 Å². The fraction of sp³-hybridized carbons (Fsp3) is 0.231. The molecular weight excluding hydrogens is 202 g/mol. The molecule has 0 aliphatic heterocycles. The summed E-state index contributed by atoms with van der Waals surface area (Å²) in [4.78, 5) is 1.24. The summed E-state index contributed by atoms with van der Waals surface area (Å²) in [6, 6.07) is 8.81. The first-order chi connectivity index (χ1) is 7.19. The van der Waals surface area contributed by atoms with Gasteiger partial charge in [0, 0.05) is 11.4 Å². The summed E-state index contributed by atoms with van der Waals surface area (Å²) >= 11 is 1.73. The molecule has 0 fully saturated rings. The Kier molecular flexibility index (Phi) is 2.89. The van der Waals surface area contributed by atoms with Crippen LogP contribution >= 0.6 is 11.3 Å². The highest BCUT2D eigenvalue weighted by atomic mass is 32.1. The molecule has 0 radical (unpaired) electrons. The summed E-state index contributed by atoms with van der Waals surface area (Å²) in [6.07, 6.45) is 0. The summed E-state index contributed by atoms with van der Waals surface area (Å²) < 4.78 is 0. The van der Waals surface area contributed by atoms with E-state index in [2.05, 4.69) is 43.5 Å². The Morgan fingerprint density at radius 1 is 1.00 bits per heavy atom. The lowest BCUT2D eigenvalue weighted by Gasteiger charge is -2.02. The zero-order valence-corrected chi connectivity index (χ0v) is 9.90. The van der Waals surface area contributed by atoms with E-state index in [1.165, 1.54) is 27.1 Å². The number of benzene rings is 1. The Morgan fingerprint density at radius 3 is 2.20 bits per heavy atom. The summed E-state index contributed by atoms with van der Waals surface area (Å²) in [5, 5.41) is 2.18. The molecule has 0 saturated heterocycles. The zero-order chi connectivity index (χ0) is 10.8. The lowest BCUT2D eigenvalue weighted by Crippen LogP contribution is -1.91. The minimum atomic E-state index is 0.634. The molecule has 1 aromatic carbocycles. The molecule has 0 saturated carbocycles. The molecule has 2 heteroatoms. The molecule has 0 aliphatic carbocycles. The van der Waals surface area contributed by atoms with Crippen LogP contribution in [0.15, 0.2) is 29.6 Å². The molecule has 0 spiro atoms. The van der Waals surface area contributed by atoms with Crippen LogP contribution < -0.4 is 5.73 Å². The van der Waals surface area contributed by atoms with Crippen molar-refractivity contribution in [2.45, 2.75) is 20.4 Å². The van der Waals surface area contributed by atoms with E-state index in [0.717, 1.165) is 0 Å². The number of hydrogen-bond acceptors (Lipinski definition) is 2. The standard InChI is InChI=1S/C13H15NS/c1-9-3-10(2)5-11(4-9)12-6-13(7-14)15-8-12/h3-6,8H,7,14H2,1-2H3. The molecular formula is C13H15NS. The van der Waals surface area contributed by atoms with Crippen LogP contribution in [0.2, 0.25) is 0 Å². The lowest BCUT2D eigenvalue weighted by atomic mass is 10.0. The lowest BCUT2D eigenvalue weighted by molar-refractivity contribution is 1.11. The first-order valence-corrected chi connectivity index (χ1v) is 5.93. The van der Waals surface area contributed by atoms with Crippen molar-refractivity contribution in [2.24, 2.45) is 5.73 Å². The fourth-order valence-electron chi connectivity index (χ4n) is 1.78. The number of nitrogens with two attached hydrogens (primary N) is 1. The third kappa shape index (κ3) is 2.28. The van der Waals surface area contributed by atoms with E-state index in [0.29, 0.717) is 6.54 Å². The maximum absolute atomic E-state index is 5.61. The van der Waals surface area contributed by atoms with Crippen molar-refractivity contribution < 1.29 is 0 Å². The number of hydrogen-bond donors (Lipinski definition) is 1. The van der Waals surface area contributed by atoms with Gasteiger partial charge < -0.3 is 5.73 Å². The van der Waals surface area contributed by atoms with Crippen LogP contribution in [0.5, 0.6) is 0 Å². The number of thiophene rings is 1. The van der Waals surface area contributed by atoms with Gasteiger partial charge in [-0.25, -0.2) is 0 Å². The van der Waals surface area contributed by atoms with E-state index in [1.54, 1.807) is 11.3 Å². The van der Waals surface area contributed by atoms with Gasteiger partial charge in [0.25, 0.3) is 0 Å². The highest BCUT2D eigenvalue weighted by Gasteiger charge is 2.02. The second kappa shape index (κ2) is 4.17. The third-order valence-corrected chi connectivity index (χ3v) is 3.37. The van der Waals surface area contributed by atoms with Gasteiger partial charge in [-0.1, -0.05) is 29.3 Å². The van der Waals surface area contributed by atoms with Gasteiger partial charge in [-0.05, 0) is 36.4 Å². The molecule has 0 bridgehead atoms. The summed E-state index contributed by atoms with van der Waals surface area (Å²) in [5.41, 5.74) is 10.8. The average molecular weight is 217 g/mol. The first kappa shape index (κ1) is 10.4. The SMILES string of the molecule is Cc1cc(C)cc(-c2csc(CN)c2)c1. The van der Waals surface area contributed by atoms with E-state index < -0.39 is 0 Å². The second-order valence-corrected chi connectivity index (χ2v) is 4.88. The molecule has 0 unspecified atom stereocenters. The predicted octanol–water partition coefficient (Wildman–Crippen LogP) is 3.49. The predicted molar refractivity (Wildman–Crippen MR) is 67.1 cm³/mol. The van der Waals surface area contributed by atoms with E-state index in [4.69, 9.17) is 5.73 Å². The maximum atomic E-state index is 5.61. The number of rotatable bonds is 2. The molecule has 1 aromatic heterocycles. The third-order valence-electron chi connectivity index (χ3n) is 2.41. The molecule has 0 aliphatic rings. The highest BCUT2D eigenvalue weighted by Crippen LogP contribution is 2.27. The van der Waals surface area contributed by atoms with Gasteiger partial charge in [-0.15, -0.1) is 11.3 Å². The van der Waals surface area contributed by atoms with Crippen molar-refractivity contribution in [1.82, 2.24) is 0 Å². The summed E-state index contributed by atoms with van der Waals surface area (Å²) in [5.74, 6) is 0. The van der Waals surface area contributed by atoms with Gasteiger partial charge in [0.15, 0.2) is 0 Å². The molecule has 2 N–H and O–H groups in total. The largest absolute Gasteiger partial charge is 0.326 e. The van der Waals surface area contributed by atoms with E-state index in [-0.39, 0.29) is 0 Å². The Labute approximate surface area is 94.6 Å². The van der Waals surface area contributed by atoms with Crippen LogP contribution in [-0.4, -0.2) is 0 Å². The van der Waals surface area contributed by atoms with E-state index >= 15 is 0 Å². The Balaban J connectivity index is 2.44. The summed E-state index contributed by atoms with van der Waals surface area (Å²) in [6.45, 7) is 4.90. The molecule has 2 aromatic rings.